The first-order valence-electron chi connectivity index (χ1n) is 10.1. The summed E-state index contributed by atoms with van der Waals surface area (Å²) in [6, 6.07) is 8.54. The maximum atomic E-state index is 2.33. The summed E-state index contributed by atoms with van der Waals surface area (Å²) in [5.74, 6) is 2.67. The normalized spacial score (nSPS) is 13.5. The Kier molecular flexibility index (Phi) is 17.1. The van der Waals surface area contributed by atoms with Gasteiger partial charge in [0.2, 0.25) is 0 Å². The Morgan fingerprint density at radius 2 is 1.35 bits per heavy atom. The molecule has 0 unspecified atom stereocenters. The predicted octanol–water partition coefficient (Wildman–Crippen LogP) is 8.39. The topological polar surface area (TPSA) is 0 Å². The van der Waals surface area contributed by atoms with Gasteiger partial charge in [-0.15, -0.1) is 0 Å². The van der Waals surface area contributed by atoms with Crippen LogP contribution in [0.5, 0.6) is 0 Å². The maximum absolute atomic E-state index is 2.33. The molecule has 0 saturated heterocycles. The molecule has 1 aliphatic carbocycles. The van der Waals surface area contributed by atoms with Crippen LogP contribution in [0.15, 0.2) is 24.3 Å². The summed E-state index contributed by atoms with van der Waals surface area (Å²) >= 11 is 0. The van der Waals surface area contributed by atoms with Gasteiger partial charge in [-0.3, -0.25) is 0 Å². The summed E-state index contributed by atoms with van der Waals surface area (Å²) in [6.07, 6.45) is 7.49. The van der Waals surface area contributed by atoms with E-state index >= 15 is 0 Å². The third kappa shape index (κ3) is 12.3. The smallest absolute Gasteiger partial charge is 0.0216 e. The summed E-state index contributed by atoms with van der Waals surface area (Å²) in [7, 11) is 0. The standard InChI is InChI=1S/C10H14.C9H18.2C2H6/c1-8(2)10-7-5-4-6-9(10)3;1-8(2)7-9-5-3-4-6-9;2*1-2/h4-8H,1-3H3;8-9H,3-7H2,1-2H3;2*1-2H3. The van der Waals surface area contributed by atoms with Gasteiger partial charge in [0, 0.05) is 0 Å². The van der Waals surface area contributed by atoms with Gasteiger partial charge in [0.05, 0.1) is 0 Å². The van der Waals surface area contributed by atoms with Crippen molar-refractivity contribution in [3.05, 3.63) is 35.4 Å². The van der Waals surface area contributed by atoms with E-state index in [1.165, 1.54) is 43.2 Å². The van der Waals surface area contributed by atoms with Gasteiger partial charge in [-0.25, -0.2) is 0 Å². The van der Waals surface area contributed by atoms with Crippen molar-refractivity contribution < 1.29 is 0 Å². The summed E-state index contributed by atoms with van der Waals surface area (Å²) < 4.78 is 0. The highest BCUT2D eigenvalue weighted by molar-refractivity contribution is 5.27. The van der Waals surface area contributed by atoms with Crippen LogP contribution in [0.4, 0.5) is 0 Å². The Morgan fingerprint density at radius 3 is 1.70 bits per heavy atom. The predicted molar refractivity (Wildman–Crippen MR) is 109 cm³/mol. The lowest BCUT2D eigenvalue weighted by Crippen LogP contribution is -1.98. The number of hydrogen-bond acceptors (Lipinski definition) is 0. The molecule has 2 rings (SSSR count). The van der Waals surface area contributed by atoms with Gasteiger partial charge in [-0.2, -0.15) is 0 Å². The molecule has 1 aliphatic rings. The molecule has 0 aromatic heterocycles. The second-order valence-electron chi connectivity index (χ2n) is 6.79. The van der Waals surface area contributed by atoms with Crippen molar-refractivity contribution in [2.45, 2.75) is 100 Å². The van der Waals surface area contributed by atoms with Crippen molar-refractivity contribution >= 4 is 0 Å². The molecule has 0 nitrogen and oxygen atoms in total. The Bertz CT molecular complexity index is 343. The van der Waals surface area contributed by atoms with Crippen molar-refractivity contribution in [2.24, 2.45) is 11.8 Å². The number of rotatable bonds is 3. The van der Waals surface area contributed by atoms with Crippen molar-refractivity contribution in [1.29, 1.82) is 0 Å². The fourth-order valence-electron chi connectivity index (χ4n) is 3.15. The first-order chi connectivity index (χ1) is 11.0. The van der Waals surface area contributed by atoms with Crippen molar-refractivity contribution in [2.75, 3.05) is 0 Å². The second kappa shape index (κ2) is 16.1. The molecule has 0 heteroatoms. The van der Waals surface area contributed by atoms with E-state index in [1.807, 2.05) is 27.7 Å². The molecule has 136 valence electrons. The molecule has 0 aliphatic heterocycles. The highest BCUT2D eigenvalue weighted by Crippen LogP contribution is 2.29. The quantitative estimate of drug-likeness (QED) is 0.524. The fourth-order valence-corrected chi connectivity index (χ4v) is 3.15. The maximum Gasteiger partial charge on any atom is -0.0216 e. The summed E-state index contributed by atoms with van der Waals surface area (Å²) in [5.41, 5.74) is 2.86. The average Bonchev–Trinajstić information content (AvgIpc) is 3.04. The minimum Gasteiger partial charge on any atom is -0.0683 e. The van der Waals surface area contributed by atoms with Crippen molar-refractivity contribution in [1.82, 2.24) is 0 Å². The SMILES string of the molecule is CC.CC.CC(C)CC1CCCC1.Cc1ccccc1C(C)C. The van der Waals surface area contributed by atoms with Gasteiger partial charge in [0.15, 0.2) is 0 Å². The third-order valence-electron chi connectivity index (χ3n) is 4.09. The van der Waals surface area contributed by atoms with Gasteiger partial charge in [-0.05, 0) is 42.2 Å². The molecule has 1 aromatic rings. The van der Waals surface area contributed by atoms with E-state index in [0.29, 0.717) is 5.92 Å². The van der Waals surface area contributed by atoms with Crippen molar-refractivity contribution in [3.63, 3.8) is 0 Å². The lowest BCUT2D eigenvalue weighted by Gasteiger charge is -2.10. The van der Waals surface area contributed by atoms with Gasteiger partial charge in [0.25, 0.3) is 0 Å². The lowest BCUT2D eigenvalue weighted by molar-refractivity contribution is 0.419. The zero-order chi connectivity index (χ0) is 18.3. The number of aryl methyl sites for hydroxylation is 1. The van der Waals surface area contributed by atoms with E-state index in [2.05, 4.69) is 58.9 Å². The molecular weight excluding hydrogens is 276 g/mol. The van der Waals surface area contributed by atoms with E-state index in [1.54, 1.807) is 0 Å². The second-order valence-corrected chi connectivity index (χ2v) is 6.79. The Labute approximate surface area is 148 Å². The highest BCUT2D eigenvalue weighted by atomic mass is 14.2. The van der Waals surface area contributed by atoms with Crippen LogP contribution in [0.2, 0.25) is 0 Å². The molecule has 0 amide bonds. The van der Waals surface area contributed by atoms with E-state index in [-0.39, 0.29) is 0 Å². The Hall–Kier alpha value is -0.780. The van der Waals surface area contributed by atoms with Crippen LogP contribution in [-0.4, -0.2) is 0 Å². The van der Waals surface area contributed by atoms with Crippen LogP contribution in [-0.2, 0) is 0 Å². The van der Waals surface area contributed by atoms with E-state index < -0.39 is 0 Å². The summed E-state index contributed by atoms with van der Waals surface area (Å²) in [5, 5.41) is 0. The van der Waals surface area contributed by atoms with Gasteiger partial charge >= 0.3 is 0 Å². The molecule has 0 atom stereocenters. The Balaban J connectivity index is 0. The van der Waals surface area contributed by atoms with Crippen molar-refractivity contribution in [3.8, 4) is 0 Å². The zero-order valence-corrected chi connectivity index (χ0v) is 17.6. The minimum absolute atomic E-state index is 0.654. The zero-order valence-electron chi connectivity index (χ0n) is 17.6. The van der Waals surface area contributed by atoms with Gasteiger partial charge in [0.1, 0.15) is 0 Å². The molecular formula is C23H44. The summed E-state index contributed by atoms with van der Waals surface area (Å²) in [4.78, 5) is 0. The van der Waals surface area contributed by atoms with Gasteiger partial charge in [-0.1, -0.05) is 105 Å². The molecule has 0 spiro atoms. The van der Waals surface area contributed by atoms with Crippen LogP contribution >= 0.6 is 0 Å². The fraction of sp³-hybridized carbons (Fsp3) is 0.739. The van der Waals surface area contributed by atoms with Crippen LogP contribution in [0, 0.1) is 18.8 Å². The lowest BCUT2D eigenvalue weighted by atomic mass is 9.96. The van der Waals surface area contributed by atoms with Crippen LogP contribution < -0.4 is 0 Å². The molecule has 23 heavy (non-hydrogen) atoms. The molecule has 0 N–H and O–H groups in total. The average molecular weight is 321 g/mol. The van der Waals surface area contributed by atoms with Crippen LogP contribution in [0.1, 0.15) is 105 Å². The van der Waals surface area contributed by atoms with Crippen LogP contribution in [0.3, 0.4) is 0 Å². The molecule has 0 radical (unpaired) electrons. The first kappa shape index (κ1) is 24.5. The van der Waals surface area contributed by atoms with E-state index in [0.717, 1.165) is 11.8 Å². The van der Waals surface area contributed by atoms with Crippen LogP contribution in [0.25, 0.3) is 0 Å². The molecule has 1 saturated carbocycles. The largest absolute Gasteiger partial charge is 0.0683 e. The molecule has 0 heterocycles. The number of hydrogen-bond donors (Lipinski definition) is 0. The number of benzene rings is 1. The first-order valence-corrected chi connectivity index (χ1v) is 10.1. The molecule has 1 aromatic carbocycles. The minimum atomic E-state index is 0.654. The monoisotopic (exact) mass is 320 g/mol. The summed E-state index contributed by atoms with van der Waals surface area (Å²) in [6.45, 7) is 19.3. The Morgan fingerprint density at radius 1 is 0.870 bits per heavy atom. The van der Waals surface area contributed by atoms with Gasteiger partial charge < -0.3 is 0 Å². The molecule has 0 bridgehead atoms. The van der Waals surface area contributed by atoms with E-state index in [4.69, 9.17) is 0 Å². The highest BCUT2D eigenvalue weighted by Gasteiger charge is 2.15. The molecule has 1 fully saturated rings. The van der Waals surface area contributed by atoms with E-state index in [9.17, 15) is 0 Å². The third-order valence-corrected chi connectivity index (χ3v) is 4.09.